The minimum atomic E-state index is -1.09. The molecule has 0 heterocycles. The average molecular weight is 266 g/mol. The van der Waals surface area contributed by atoms with Crippen LogP contribution in [0.4, 0.5) is 0 Å². The molecule has 2 N–H and O–H groups in total. The molecule has 1 rings (SSSR count). The van der Waals surface area contributed by atoms with Crippen LogP contribution in [0.15, 0.2) is 30.3 Å². The molecule has 0 bridgehead atoms. The minimum Gasteiger partial charge on any atom is -0.373 e. The summed E-state index contributed by atoms with van der Waals surface area (Å²) in [5.41, 5.74) is 0.425. The second kappa shape index (κ2) is 6.23. The SMILES string of the molecule is CC(=O)N(C(=S)NC(=O)c1ccccc1)C(C)O. The van der Waals surface area contributed by atoms with Gasteiger partial charge in [0.15, 0.2) is 5.11 Å². The third-order valence-electron chi connectivity index (χ3n) is 2.19. The number of hydrogen-bond donors (Lipinski definition) is 2. The van der Waals surface area contributed by atoms with E-state index >= 15 is 0 Å². The molecule has 18 heavy (non-hydrogen) atoms. The molecule has 0 saturated carbocycles. The van der Waals surface area contributed by atoms with Crippen LogP contribution in [0.2, 0.25) is 0 Å². The zero-order valence-electron chi connectivity index (χ0n) is 10.1. The van der Waals surface area contributed by atoms with Crippen LogP contribution < -0.4 is 5.32 Å². The Morgan fingerprint density at radius 1 is 1.33 bits per heavy atom. The maximum Gasteiger partial charge on any atom is 0.257 e. The highest BCUT2D eigenvalue weighted by molar-refractivity contribution is 7.80. The highest BCUT2D eigenvalue weighted by atomic mass is 32.1. The maximum atomic E-state index is 11.8. The number of benzene rings is 1. The van der Waals surface area contributed by atoms with Crippen molar-refractivity contribution in [1.29, 1.82) is 0 Å². The first kappa shape index (κ1) is 14.3. The fourth-order valence-electron chi connectivity index (χ4n) is 1.39. The summed E-state index contributed by atoms with van der Waals surface area (Å²) in [7, 11) is 0. The number of aliphatic hydroxyl groups is 1. The zero-order chi connectivity index (χ0) is 13.7. The number of amides is 2. The molecule has 0 aliphatic rings. The molecule has 0 saturated heterocycles. The van der Waals surface area contributed by atoms with Crippen molar-refractivity contribution >= 4 is 29.1 Å². The van der Waals surface area contributed by atoms with Crippen molar-refractivity contribution in [1.82, 2.24) is 10.2 Å². The number of nitrogens with zero attached hydrogens (tertiary/aromatic N) is 1. The summed E-state index contributed by atoms with van der Waals surface area (Å²) in [4.78, 5) is 24.0. The van der Waals surface area contributed by atoms with Gasteiger partial charge in [-0.15, -0.1) is 0 Å². The Kier molecular flexibility index (Phi) is 4.94. The number of nitrogens with one attached hydrogen (secondary N) is 1. The van der Waals surface area contributed by atoms with E-state index in [-0.39, 0.29) is 5.11 Å². The fourth-order valence-corrected chi connectivity index (χ4v) is 1.77. The van der Waals surface area contributed by atoms with Crippen molar-refractivity contribution in [3.05, 3.63) is 35.9 Å². The third-order valence-corrected chi connectivity index (χ3v) is 2.49. The number of aliphatic hydroxyl groups excluding tert-OH is 1. The van der Waals surface area contributed by atoms with E-state index < -0.39 is 18.0 Å². The van der Waals surface area contributed by atoms with Gasteiger partial charge in [0.1, 0.15) is 6.23 Å². The minimum absolute atomic E-state index is 0.119. The van der Waals surface area contributed by atoms with Gasteiger partial charge in [-0.1, -0.05) is 18.2 Å². The van der Waals surface area contributed by atoms with E-state index in [1.165, 1.54) is 13.8 Å². The predicted molar refractivity (Wildman–Crippen MR) is 70.7 cm³/mol. The fraction of sp³-hybridized carbons (Fsp3) is 0.250. The van der Waals surface area contributed by atoms with Gasteiger partial charge in [-0.25, -0.2) is 0 Å². The van der Waals surface area contributed by atoms with Crippen LogP contribution in [-0.2, 0) is 4.79 Å². The summed E-state index contributed by atoms with van der Waals surface area (Å²) in [6.07, 6.45) is -1.09. The lowest BCUT2D eigenvalue weighted by Crippen LogP contribution is -2.49. The van der Waals surface area contributed by atoms with Crippen LogP contribution in [0.5, 0.6) is 0 Å². The molecule has 0 fully saturated rings. The summed E-state index contributed by atoms with van der Waals surface area (Å²) >= 11 is 4.92. The highest BCUT2D eigenvalue weighted by Crippen LogP contribution is 2.01. The lowest BCUT2D eigenvalue weighted by Gasteiger charge is -2.24. The Labute approximate surface area is 110 Å². The first-order chi connectivity index (χ1) is 8.43. The van der Waals surface area contributed by atoms with E-state index in [9.17, 15) is 14.7 Å². The van der Waals surface area contributed by atoms with E-state index in [0.717, 1.165) is 4.90 Å². The number of thiocarbonyl (C=S) groups is 1. The van der Waals surface area contributed by atoms with Crippen molar-refractivity contribution in [2.75, 3.05) is 0 Å². The summed E-state index contributed by atoms with van der Waals surface area (Å²) in [6.45, 7) is 2.65. The monoisotopic (exact) mass is 266 g/mol. The Morgan fingerprint density at radius 2 is 1.89 bits per heavy atom. The largest absolute Gasteiger partial charge is 0.373 e. The quantitative estimate of drug-likeness (QED) is 0.616. The zero-order valence-corrected chi connectivity index (χ0v) is 10.9. The van der Waals surface area contributed by atoms with Gasteiger partial charge >= 0.3 is 0 Å². The van der Waals surface area contributed by atoms with Gasteiger partial charge in [0.2, 0.25) is 5.91 Å². The summed E-state index contributed by atoms with van der Waals surface area (Å²) in [6, 6.07) is 8.47. The van der Waals surface area contributed by atoms with Crippen LogP contribution in [-0.4, -0.2) is 33.2 Å². The van der Waals surface area contributed by atoms with Gasteiger partial charge in [0.25, 0.3) is 5.91 Å². The van der Waals surface area contributed by atoms with Crippen LogP contribution in [0.1, 0.15) is 24.2 Å². The molecule has 0 aliphatic heterocycles. The first-order valence-corrected chi connectivity index (χ1v) is 5.72. The Balaban J connectivity index is 2.76. The summed E-state index contributed by atoms with van der Waals surface area (Å²) in [5.74, 6) is -0.865. The molecular weight excluding hydrogens is 252 g/mol. The first-order valence-electron chi connectivity index (χ1n) is 5.31. The van der Waals surface area contributed by atoms with Crippen molar-refractivity contribution in [3.8, 4) is 0 Å². The van der Waals surface area contributed by atoms with Crippen molar-refractivity contribution in [2.45, 2.75) is 20.1 Å². The van der Waals surface area contributed by atoms with Gasteiger partial charge in [-0.2, -0.15) is 0 Å². The number of rotatable bonds is 2. The van der Waals surface area contributed by atoms with Crippen LogP contribution >= 0.6 is 12.2 Å². The van der Waals surface area contributed by atoms with E-state index in [0.29, 0.717) is 5.56 Å². The van der Waals surface area contributed by atoms with Crippen molar-refractivity contribution in [3.63, 3.8) is 0 Å². The number of carbonyl (C=O) groups excluding carboxylic acids is 2. The van der Waals surface area contributed by atoms with Gasteiger partial charge in [-0.05, 0) is 31.3 Å². The number of hydrogen-bond acceptors (Lipinski definition) is 4. The normalized spacial score (nSPS) is 11.5. The summed E-state index contributed by atoms with van der Waals surface area (Å²) < 4.78 is 0. The standard InChI is InChI=1S/C12H14N2O3S/c1-8(15)14(9(2)16)12(18)13-11(17)10-6-4-3-5-7-10/h3-8,15H,1-2H3,(H,13,17,18). The molecule has 1 atom stereocenters. The van der Waals surface area contributed by atoms with Crippen molar-refractivity contribution < 1.29 is 14.7 Å². The van der Waals surface area contributed by atoms with E-state index in [4.69, 9.17) is 12.2 Å². The van der Waals surface area contributed by atoms with E-state index in [2.05, 4.69) is 5.32 Å². The predicted octanol–water partition coefficient (Wildman–Crippen LogP) is 0.888. The Bertz CT molecular complexity index is 460. The molecule has 1 unspecified atom stereocenters. The van der Waals surface area contributed by atoms with Crippen LogP contribution in [0.25, 0.3) is 0 Å². The second-order valence-corrected chi connectivity index (χ2v) is 4.03. The molecule has 96 valence electrons. The lowest BCUT2D eigenvalue weighted by molar-refractivity contribution is -0.131. The van der Waals surface area contributed by atoms with E-state index in [1.54, 1.807) is 30.3 Å². The topological polar surface area (TPSA) is 69.6 Å². The number of carbonyl (C=O) groups is 2. The van der Waals surface area contributed by atoms with E-state index in [1.807, 2.05) is 0 Å². The highest BCUT2D eigenvalue weighted by Gasteiger charge is 2.21. The Morgan fingerprint density at radius 3 is 2.33 bits per heavy atom. The van der Waals surface area contributed by atoms with Crippen LogP contribution in [0, 0.1) is 0 Å². The summed E-state index contributed by atoms with van der Waals surface area (Å²) in [5, 5.41) is 11.7. The van der Waals surface area contributed by atoms with Gasteiger partial charge in [0, 0.05) is 12.5 Å². The van der Waals surface area contributed by atoms with Crippen molar-refractivity contribution in [2.24, 2.45) is 0 Å². The lowest BCUT2D eigenvalue weighted by atomic mass is 10.2. The molecule has 1 aromatic carbocycles. The molecule has 1 aromatic rings. The average Bonchev–Trinajstić information content (AvgIpc) is 2.28. The molecule has 2 amide bonds. The molecular formula is C12H14N2O3S. The Hall–Kier alpha value is -1.79. The molecule has 6 heteroatoms. The molecule has 0 radical (unpaired) electrons. The molecule has 0 spiro atoms. The third kappa shape index (κ3) is 3.61. The van der Waals surface area contributed by atoms with Gasteiger partial charge in [0.05, 0.1) is 0 Å². The molecule has 5 nitrogen and oxygen atoms in total. The second-order valence-electron chi connectivity index (χ2n) is 3.65. The maximum absolute atomic E-state index is 11.8. The molecule has 0 aliphatic carbocycles. The molecule has 0 aromatic heterocycles. The van der Waals surface area contributed by atoms with Crippen LogP contribution in [0.3, 0.4) is 0 Å². The smallest absolute Gasteiger partial charge is 0.257 e. The van der Waals surface area contributed by atoms with Gasteiger partial charge in [-0.3, -0.25) is 19.8 Å². The van der Waals surface area contributed by atoms with Gasteiger partial charge < -0.3 is 5.11 Å².